The molecule has 0 heterocycles. The predicted molar refractivity (Wildman–Crippen MR) is 153 cm³/mol. The van der Waals surface area contributed by atoms with Crippen molar-refractivity contribution in [2.24, 2.45) is 5.10 Å². The first-order valence-corrected chi connectivity index (χ1v) is 14.1. The van der Waals surface area contributed by atoms with E-state index in [1.165, 1.54) is 32.6 Å². The van der Waals surface area contributed by atoms with E-state index >= 15 is 0 Å². The molecular formula is C28H32N4O7S. The molecule has 2 N–H and O–H groups in total. The van der Waals surface area contributed by atoms with Crippen molar-refractivity contribution >= 4 is 33.7 Å². The largest absolute Gasteiger partial charge is 0.493 e. The first kappa shape index (κ1) is 30.0. The fraction of sp³-hybridized carbons (Fsp3) is 0.250. The van der Waals surface area contributed by atoms with E-state index in [0.29, 0.717) is 29.4 Å². The van der Waals surface area contributed by atoms with E-state index in [9.17, 15) is 18.0 Å². The van der Waals surface area contributed by atoms with E-state index in [1.807, 2.05) is 30.3 Å². The minimum absolute atomic E-state index is 0.116. The first-order chi connectivity index (χ1) is 19.2. The molecule has 3 rings (SSSR count). The van der Waals surface area contributed by atoms with Gasteiger partial charge in [0.05, 0.1) is 32.4 Å². The van der Waals surface area contributed by atoms with Crippen LogP contribution in [0.3, 0.4) is 0 Å². The number of carbonyl (C=O) groups is 2. The second-order valence-electron chi connectivity index (χ2n) is 8.55. The van der Waals surface area contributed by atoms with Crippen molar-refractivity contribution in [3.8, 4) is 17.2 Å². The second kappa shape index (κ2) is 14.5. The molecule has 3 aromatic rings. The van der Waals surface area contributed by atoms with Crippen LogP contribution in [0.1, 0.15) is 11.1 Å². The van der Waals surface area contributed by atoms with Gasteiger partial charge in [-0.15, -0.1) is 0 Å². The first-order valence-electron chi connectivity index (χ1n) is 12.2. The Morgan fingerprint density at radius 3 is 2.27 bits per heavy atom. The molecule has 0 atom stereocenters. The lowest BCUT2D eigenvalue weighted by Crippen LogP contribution is -2.39. The molecule has 0 saturated heterocycles. The number of amides is 2. The maximum absolute atomic E-state index is 12.5. The lowest BCUT2D eigenvalue weighted by Gasteiger charge is -2.22. The molecular weight excluding hydrogens is 536 g/mol. The molecule has 0 aromatic heterocycles. The highest BCUT2D eigenvalue weighted by atomic mass is 32.2. The normalized spacial score (nSPS) is 11.1. The van der Waals surface area contributed by atoms with Gasteiger partial charge in [0.15, 0.2) is 18.1 Å². The number of sulfonamides is 1. The van der Waals surface area contributed by atoms with Gasteiger partial charge in [0, 0.05) is 12.6 Å². The topological polar surface area (TPSA) is 136 Å². The van der Waals surface area contributed by atoms with Crippen molar-refractivity contribution < 1.29 is 32.2 Å². The van der Waals surface area contributed by atoms with E-state index in [-0.39, 0.29) is 18.2 Å². The molecule has 40 heavy (non-hydrogen) atoms. The van der Waals surface area contributed by atoms with Crippen LogP contribution in [0.4, 0.5) is 5.69 Å². The number of benzene rings is 3. The summed E-state index contributed by atoms with van der Waals surface area (Å²) < 4.78 is 41.6. The van der Waals surface area contributed by atoms with Crippen LogP contribution in [0.2, 0.25) is 0 Å². The van der Waals surface area contributed by atoms with Crippen molar-refractivity contribution in [2.45, 2.75) is 6.42 Å². The fourth-order valence-corrected chi connectivity index (χ4v) is 4.41. The Kier molecular flexibility index (Phi) is 10.9. The van der Waals surface area contributed by atoms with E-state index in [2.05, 4.69) is 15.8 Å². The Morgan fingerprint density at radius 1 is 0.925 bits per heavy atom. The molecule has 0 saturated carbocycles. The van der Waals surface area contributed by atoms with Gasteiger partial charge in [-0.2, -0.15) is 5.10 Å². The highest BCUT2D eigenvalue weighted by Gasteiger charge is 2.22. The summed E-state index contributed by atoms with van der Waals surface area (Å²) in [5.41, 5.74) is 4.35. The van der Waals surface area contributed by atoms with Crippen LogP contribution in [0, 0.1) is 0 Å². The SMILES string of the molecule is COc1ccc(N(CC(=O)NN=Cc2ccc(OCC(=O)NCCc3ccccc3)cc2)S(C)(=O)=O)cc1OC. The minimum Gasteiger partial charge on any atom is -0.493 e. The van der Waals surface area contributed by atoms with E-state index in [4.69, 9.17) is 14.2 Å². The molecule has 0 aliphatic carbocycles. The van der Waals surface area contributed by atoms with Crippen LogP contribution in [0.25, 0.3) is 0 Å². The highest BCUT2D eigenvalue weighted by molar-refractivity contribution is 7.92. The number of methoxy groups -OCH3 is 2. The highest BCUT2D eigenvalue weighted by Crippen LogP contribution is 2.32. The number of rotatable bonds is 14. The molecule has 3 aromatic carbocycles. The number of hydrogen-bond donors (Lipinski definition) is 2. The van der Waals surface area contributed by atoms with E-state index in [0.717, 1.165) is 22.5 Å². The van der Waals surface area contributed by atoms with Gasteiger partial charge in [0.1, 0.15) is 12.3 Å². The average Bonchev–Trinajstić information content (AvgIpc) is 2.95. The van der Waals surface area contributed by atoms with Crippen molar-refractivity contribution in [2.75, 3.05) is 44.5 Å². The number of nitrogens with zero attached hydrogens (tertiary/aromatic N) is 2. The molecule has 2 amide bonds. The summed E-state index contributed by atoms with van der Waals surface area (Å²) in [6.07, 6.45) is 3.14. The van der Waals surface area contributed by atoms with Crippen LogP contribution in [0.15, 0.2) is 77.9 Å². The maximum atomic E-state index is 12.5. The van der Waals surface area contributed by atoms with E-state index in [1.54, 1.807) is 30.3 Å². The molecule has 12 heteroatoms. The summed E-state index contributed by atoms with van der Waals surface area (Å²) >= 11 is 0. The molecule has 0 spiro atoms. The maximum Gasteiger partial charge on any atom is 0.260 e. The zero-order valence-electron chi connectivity index (χ0n) is 22.5. The molecule has 0 aliphatic rings. The van der Waals surface area contributed by atoms with Gasteiger partial charge in [-0.3, -0.25) is 13.9 Å². The summed E-state index contributed by atoms with van der Waals surface area (Å²) in [5.74, 6) is 0.378. The Morgan fingerprint density at radius 2 is 1.62 bits per heavy atom. The fourth-order valence-electron chi connectivity index (χ4n) is 3.57. The number of hydrogen-bond acceptors (Lipinski definition) is 8. The standard InChI is InChI=1S/C28H32N4O7S/c1-37-25-14-11-23(17-26(25)38-2)32(40(3,35)36)19-27(33)31-30-18-22-9-12-24(13-10-22)39-20-28(34)29-16-15-21-7-5-4-6-8-21/h4-14,17-18H,15-16,19-20H2,1-3H3,(H,29,34)(H,31,33). The summed E-state index contributed by atoms with van der Waals surface area (Å²) in [6.45, 7) is -0.0927. The van der Waals surface area contributed by atoms with Gasteiger partial charge >= 0.3 is 0 Å². The van der Waals surface area contributed by atoms with Gasteiger partial charge < -0.3 is 19.5 Å². The number of hydrazone groups is 1. The average molecular weight is 569 g/mol. The zero-order chi connectivity index (χ0) is 29.0. The van der Waals surface area contributed by atoms with Gasteiger partial charge in [-0.05, 0) is 53.9 Å². The lowest BCUT2D eigenvalue weighted by molar-refractivity contribution is -0.123. The molecule has 0 fully saturated rings. The van der Waals surface area contributed by atoms with Crippen LogP contribution in [-0.4, -0.2) is 66.6 Å². The summed E-state index contributed by atoms with van der Waals surface area (Å²) in [6, 6.07) is 21.1. The molecule has 0 bridgehead atoms. The van der Waals surface area contributed by atoms with E-state index < -0.39 is 22.5 Å². The quantitative estimate of drug-likeness (QED) is 0.225. The molecule has 0 radical (unpaired) electrons. The third kappa shape index (κ3) is 9.31. The molecule has 0 unspecified atom stereocenters. The second-order valence-corrected chi connectivity index (χ2v) is 10.5. The molecule has 0 aliphatic heterocycles. The third-order valence-corrected chi connectivity index (χ3v) is 6.71. The Labute approximate surface area is 233 Å². The van der Waals surface area contributed by atoms with Gasteiger partial charge in [0.25, 0.3) is 11.8 Å². The summed E-state index contributed by atoms with van der Waals surface area (Å²) in [5, 5.41) is 6.72. The number of carbonyl (C=O) groups excluding carboxylic acids is 2. The van der Waals surface area contributed by atoms with Crippen molar-refractivity contribution in [1.82, 2.24) is 10.7 Å². The van der Waals surface area contributed by atoms with Crippen molar-refractivity contribution in [1.29, 1.82) is 0 Å². The van der Waals surface area contributed by atoms with Gasteiger partial charge in [-0.1, -0.05) is 30.3 Å². The molecule has 212 valence electrons. The predicted octanol–water partition coefficient (Wildman–Crippen LogP) is 2.36. The van der Waals surface area contributed by atoms with Crippen LogP contribution in [-0.2, 0) is 26.0 Å². The lowest BCUT2D eigenvalue weighted by atomic mass is 10.1. The van der Waals surface area contributed by atoms with Gasteiger partial charge in [0.2, 0.25) is 10.0 Å². The Bertz CT molecular complexity index is 1410. The van der Waals surface area contributed by atoms with Crippen LogP contribution in [0.5, 0.6) is 17.2 Å². The number of ether oxygens (including phenoxy) is 3. The number of nitrogens with one attached hydrogen (secondary N) is 2. The van der Waals surface area contributed by atoms with Gasteiger partial charge in [-0.25, -0.2) is 13.8 Å². The minimum atomic E-state index is -3.79. The third-order valence-electron chi connectivity index (χ3n) is 5.57. The summed E-state index contributed by atoms with van der Waals surface area (Å²) in [4.78, 5) is 24.5. The van der Waals surface area contributed by atoms with Crippen molar-refractivity contribution in [3.63, 3.8) is 0 Å². The Hall–Kier alpha value is -4.58. The summed E-state index contributed by atoms with van der Waals surface area (Å²) in [7, 11) is -0.896. The molecule has 11 nitrogen and oxygen atoms in total. The number of anilines is 1. The van der Waals surface area contributed by atoms with Crippen molar-refractivity contribution in [3.05, 3.63) is 83.9 Å². The smallest absolute Gasteiger partial charge is 0.260 e. The van der Waals surface area contributed by atoms with Crippen LogP contribution < -0.4 is 29.3 Å². The van der Waals surface area contributed by atoms with Crippen LogP contribution >= 0.6 is 0 Å². The zero-order valence-corrected chi connectivity index (χ0v) is 23.3. The monoisotopic (exact) mass is 568 g/mol. The Balaban J connectivity index is 1.47.